The van der Waals surface area contributed by atoms with Crippen molar-refractivity contribution in [1.29, 1.82) is 0 Å². The van der Waals surface area contributed by atoms with E-state index in [9.17, 15) is 0 Å². The third-order valence-electron chi connectivity index (χ3n) is 3.86. The molecular formula is C15H29NO. The first-order valence-corrected chi connectivity index (χ1v) is 7.20. The van der Waals surface area contributed by atoms with Crippen molar-refractivity contribution in [2.24, 2.45) is 5.92 Å². The van der Waals surface area contributed by atoms with Crippen LogP contribution in [-0.4, -0.2) is 25.8 Å². The molecule has 0 bridgehead atoms. The Morgan fingerprint density at radius 3 is 2.59 bits per heavy atom. The van der Waals surface area contributed by atoms with Gasteiger partial charge in [-0.15, -0.1) is 6.58 Å². The van der Waals surface area contributed by atoms with Gasteiger partial charge >= 0.3 is 0 Å². The van der Waals surface area contributed by atoms with Crippen LogP contribution in [-0.2, 0) is 4.74 Å². The van der Waals surface area contributed by atoms with E-state index in [4.69, 9.17) is 4.74 Å². The molecule has 1 aliphatic carbocycles. The van der Waals surface area contributed by atoms with Gasteiger partial charge in [-0.3, -0.25) is 0 Å². The lowest BCUT2D eigenvalue weighted by atomic mass is 9.82. The molecule has 0 saturated heterocycles. The third kappa shape index (κ3) is 4.81. The molecule has 2 unspecified atom stereocenters. The average molecular weight is 239 g/mol. The van der Waals surface area contributed by atoms with Gasteiger partial charge in [0.1, 0.15) is 0 Å². The van der Waals surface area contributed by atoms with Crippen LogP contribution in [0.25, 0.3) is 0 Å². The summed E-state index contributed by atoms with van der Waals surface area (Å²) in [6.45, 7) is 7.16. The largest absolute Gasteiger partial charge is 0.380 e. The van der Waals surface area contributed by atoms with Crippen LogP contribution in [0.5, 0.6) is 0 Å². The third-order valence-corrected chi connectivity index (χ3v) is 3.86. The van der Waals surface area contributed by atoms with Crippen molar-refractivity contribution >= 4 is 0 Å². The zero-order valence-corrected chi connectivity index (χ0v) is 11.6. The minimum Gasteiger partial charge on any atom is -0.380 e. The van der Waals surface area contributed by atoms with E-state index in [1.54, 1.807) is 0 Å². The van der Waals surface area contributed by atoms with Crippen molar-refractivity contribution in [3.63, 3.8) is 0 Å². The van der Waals surface area contributed by atoms with Crippen LogP contribution < -0.4 is 5.32 Å². The van der Waals surface area contributed by atoms with Crippen LogP contribution >= 0.6 is 0 Å². The van der Waals surface area contributed by atoms with Gasteiger partial charge in [-0.1, -0.05) is 32.3 Å². The molecule has 2 nitrogen and oxygen atoms in total. The highest BCUT2D eigenvalue weighted by atomic mass is 16.5. The molecule has 0 aromatic carbocycles. The Morgan fingerprint density at radius 2 is 2.06 bits per heavy atom. The van der Waals surface area contributed by atoms with E-state index in [-0.39, 0.29) is 0 Å². The highest BCUT2D eigenvalue weighted by molar-refractivity contribution is 4.89. The minimum atomic E-state index is 0.361. The first kappa shape index (κ1) is 14.7. The molecule has 0 amide bonds. The van der Waals surface area contributed by atoms with E-state index in [0.717, 1.165) is 18.9 Å². The maximum absolute atomic E-state index is 5.79. The van der Waals surface area contributed by atoms with Crippen LogP contribution in [0.3, 0.4) is 0 Å². The highest BCUT2D eigenvalue weighted by Crippen LogP contribution is 2.30. The lowest BCUT2D eigenvalue weighted by Crippen LogP contribution is -2.45. The molecule has 0 aliphatic heterocycles. The van der Waals surface area contributed by atoms with Crippen LogP contribution in [0.4, 0.5) is 0 Å². The first-order chi connectivity index (χ1) is 8.33. The zero-order valence-electron chi connectivity index (χ0n) is 11.6. The van der Waals surface area contributed by atoms with E-state index in [1.807, 2.05) is 13.2 Å². The summed E-state index contributed by atoms with van der Waals surface area (Å²) in [6, 6.07) is 0.445. The van der Waals surface area contributed by atoms with E-state index in [0.29, 0.717) is 12.1 Å². The van der Waals surface area contributed by atoms with E-state index >= 15 is 0 Å². The molecule has 0 heterocycles. The van der Waals surface area contributed by atoms with Gasteiger partial charge in [-0.05, 0) is 38.1 Å². The monoisotopic (exact) mass is 239 g/mol. The summed E-state index contributed by atoms with van der Waals surface area (Å²) in [5, 5.41) is 3.62. The predicted molar refractivity (Wildman–Crippen MR) is 74.3 cm³/mol. The van der Waals surface area contributed by atoms with Crippen LogP contribution in [0, 0.1) is 5.92 Å². The number of rotatable bonds is 8. The first-order valence-electron chi connectivity index (χ1n) is 7.20. The Kier molecular flexibility index (Phi) is 7.54. The topological polar surface area (TPSA) is 21.3 Å². The smallest absolute Gasteiger partial charge is 0.0755 e. The second-order valence-corrected chi connectivity index (χ2v) is 5.18. The average Bonchev–Trinajstić information content (AvgIpc) is 2.38. The van der Waals surface area contributed by atoms with Crippen molar-refractivity contribution in [2.75, 3.05) is 13.7 Å². The maximum atomic E-state index is 5.79. The molecule has 1 N–H and O–H groups in total. The molecule has 2 heteroatoms. The van der Waals surface area contributed by atoms with Crippen LogP contribution in [0.15, 0.2) is 12.7 Å². The van der Waals surface area contributed by atoms with Gasteiger partial charge < -0.3 is 10.1 Å². The molecule has 100 valence electrons. The fourth-order valence-corrected chi connectivity index (χ4v) is 2.99. The molecule has 0 aromatic rings. The molecule has 17 heavy (non-hydrogen) atoms. The Bertz CT molecular complexity index is 199. The highest BCUT2D eigenvalue weighted by Gasteiger charge is 2.29. The Hall–Kier alpha value is -0.340. The van der Waals surface area contributed by atoms with Crippen molar-refractivity contribution in [3.05, 3.63) is 12.7 Å². The summed E-state index contributed by atoms with van der Waals surface area (Å²) in [7, 11) is 1.86. The van der Waals surface area contributed by atoms with Gasteiger partial charge in [0, 0.05) is 13.2 Å². The summed E-state index contributed by atoms with van der Waals surface area (Å²) in [5.74, 6) is 0.739. The lowest BCUT2D eigenvalue weighted by Gasteiger charge is -2.35. The second-order valence-electron chi connectivity index (χ2n) is 5.18. The number of hydrogen-bond donors (Lipinski definition) is 1. The number of ether oxygens (including phenoxy) is 1. The molecule has 1 saturated carbocycles. The van der Waals surface area contributed by atoms with Crippen molar-refractivity contribution in [1.82, 2.24) is 5.32 Å². The molecule has 1 fully saturated rings. The number of methoxy groups -OCH3 is 1. The van der Waals surface area contributed by atoms with Crippen molar-refractivity contribution in [2.45, 2.75) is 64.0 Å². The fourth-order valence-electron chi connectivity index (χ4n) is 2.99. The SMILES string of the molecule is C=CCC(NCCC)C(OC)C1CCCCC1. The molecular weight excluding hydrogens is 210 g/mol. The second kappa shape index (κ2) is 8.71. The van der Waals surface area contributed by atoms with Gasteiger partial charge in [0.15, 0.2) is 0 Å². The molecule has 0 aromatic heterocycles. The van der Waals surface area contributed by atoms with Crippen molar-refractivity contribution in [3.8, 4) is 0 Å². The van der Waals surface area contributed by atoms with Crippen LogP contribution in [0.1, 0.15) is 51.9 Å². The van der Waals surface area contributed by atoms with Crippen molar-refractivity contribution < 1.29 is 4.74 Å². The normalized spacial score (nSPS) is 21.1. The summed E-state index contributed by atoms with van der Waals surface area (Å²) in [5.41, 5.74) is 0. The molecule has 1 rings (SSSR count). The summed E-state index contributed by atoms with van der Waals surface area (Å²) in [4.78, 5) is 0. The predicted octanol–water partition coefficient (Wildman–Crippen LogP) is 3.53. The van der Waals surface area contributed by atoms with Gasteiger partial charge in [-0.2, -0.15) is 0 Å². The Morgan fingerprint density at radius 1 is 1.35 bits per heavy atom. The standard InChI is InChI=1S/C15H29NO/c1-4-9-14(16-12-5-2)15(17-3)13-10-7-6-8-11-13/h4,13-16H,1,5-12H2,2-3H3. The summed E-state index contributed by atoms with van der Waals surface area (Å²) < 4.78 is 5.79. The minimum absolute atomic E-state index is 0.361. The van der Waals surface area contributed by atoms with Gasteiger partial charge in [0.25, 0.3) is 0 Å². The quantitative estimate of drug-likeness (QED) is 0.654. The number of hydrogen-bond acceptors (Lipinski definition) is 2. The molecule has 0 spiro atoms. The molecule has 1 aliphatic rings. The van der Waals surface area contributed by atoms with Crippen LogP contribution in [0.2, 0.25) is 0 Å². The Balaban J connectivity index is 2.54. The summed E-state index contributed by atoms with van der Waals surface area (Å²) >= 11 is 0. The zero-order chi connectivity index (χ0) is 12.5. The van der Waals surface area contributed by atoms with E-state index < -0.39 is 0 Å². The van der Waals surface area contributed by atoms with Gasteiger partial charge in [0.2, 0.25) is 0 Å². The van der Waals surface area contributed by atoms with E-state index in [1.165, 1.54) is 38.5 Å². The molecule has 0 radical (unpaired) electrons. The molecule has 2 atom stereocenters. The maximum Gasteiger partial charge on any atom is 0.0755 e. The van der Waals surface area contributed by atoms with Gasteiger partial charge in [0.05, 0.1) is 6.10 Å². The Labute approximate surface area is 107 Å². The van der Waals surface area contributed by atoms with Gasteiger partial charge in [-0.25, -0.2) is 0 Å². The number of nitrogens with one attached hydrogen (secondary N) is 1. The van der Waals surface area contributed by atoms with E-state index in [2.05, 4.69) is 18.8 Å². The fraction of sp³-hybridized carbons (Fsp3) is 0.867. The summed E-state index contributed by atoms with van der Waals surface area (Å²) in [6.07, 6.45) is 11.4. The lowest BCUT2D eigenvalue weighted by molar-refractivity contribution is 0.00901.